The molecule has 1 N–H and O–H groups in total. The minimum Gasteiger partial charge on any atom is -0.352 e. The van der Waals surface area contributed by atoms with Crippen LogP contribution in [0, 0.1) is 5.82 Å². The first-order chi connectivity index (χ1) is 14.9. The van der Waals surface area contributed by atoms with E-state index in [1.807, 2.05) is 24.3 Å². The first-order valence-electron chi connectivity index (χ1n) is 10.6. The average Bonchev–Trinajstić information content (AvgIpc) is 3.27. The van der Waals surface area contributed by atoms with Gasteiger partial charge in [-0.25, -0.2) is 4.39 Å². The molecule has 2 amide bonds. The molecule has 166 valence electrons. The fourth-order valence-electron chi connectivity index (χ4n) is 3.69. The molecule has 0 bridgehead atoms. The maximum Gasteiger partial charge on any atom is 0.242 e. The first kappa shape index (κ1) is 23.6. The molecule has 1 saturated carbocycles. The number of halogens is 2. The van der Waals surface area contributed by atoms with Gasteiger partial charge in [0.25, 0.3) is 0 Å². The van der Waals surface area contributed by atoms with Gasteiger partial charge in [-0.1, -0.05) is 36.6 Å². The summed E-state index contributed by atoms with van der Waals surface area (Å²) in [6.07, 6.45) is 4.53. The smallest absolute Gasteiger partial charge is 0.242 e. The molecule has 0 saturated heterocycles. The van der Waals surface area contributed by atoms with Gasteiger partial charge in [0.15, 0.2) is 0 Å². The molecule has 0 radical (unpaired) electrons. The lowest BCUT2D eigenvalue weighted by Gasteiger charge is -2.30. The van der Waals surface area contributed by atoms with Crippen molar-refractivity contribution in [2.45, 2.75) is 62.6 Å². The molecule has 4 nitrogen and oxygen atoms in total. The molecule has 3 rings (SSSR count). The zero-order valence-electron chi connectivity index (χ0n) is 17.7. The highest BCUT2D eigenvalue weighted by molar-refractivity contribution is 7.99. The molecule has 2 aromatic rings. The number of hydrogen-bond donors (Lipinski definition) is 1. The van der Waals surface area contributed by atoms with Crippen LogP contribution in [0.5, 0.6) is 0 Å². The van der Waals surface area contributed by atoms with Crippen molar-refractivity contribution >= 4 is 35.2 Å². The van der Waals surface area contributed by atoms with E-state index in [2.05, 4.69) is 5.32 Å². The van der Waals surface area contributed by atoms with Gasteiger partial charge in [0.2, 0.25) is 11.8 Å². The van der Waals surface area contributed by atoms with Crippen LogP contribution in [0.3, 0.4) is 0 Å². The monoisotopic (exact) mass is 462 g/mol. The normalized spacial score (nSPS) is 14.9. The van der Waals surface area contributed by atoms with Crippen molar-refractivity contribution in [2.75, 3.05) is 5.75 Å². The summed E-state index contributed by atoms with van der Waals surface area (Å²) < 4.78 is 13.3. The Hall–Kier alpha value is -2.05. The fraction of sp³-hybridized carbons (Fsp3) is 0.417. The SMILES string of the molecule is C[C@@H](C(=O)NC1CCCC1)N(Cc1ccc(F)cc1)C(=O)CCSc1ccc(Cl)cc1. The van der Waals surface area contributed by atoms with E-state index in [1.54, 1.807) is 35.7 Å². The Kier molecular flexibility index (Phi) is 8.79. The highest BCUT2D eigenvalue weighted by Crippen LogP contribution is 2.22. The number of thioether (sulfide) groups is 1. The molecule has 7 heteroatoms. The number of nitrogens with zero attached hydrogens (tertiary/aromatic N) is 1. The van der Waals surface area contributed by atoms with Crippen LogP contribution in [0.15, 0.2) is 53.4 Å². The predicted molar refractivity (Wildman–Crippen MR) is 124 cm³/mol. The van der Waals surface area contributed by atoms with Gasteiger partial charge in [-0.2, -0.15) is 0 Å². The van der Waals surface area contributed by atoms with Crippen molar-refractivity contribution in [2.24, 2.45) is 0 Å². The van der Waals surface area contributed by atoms with Crippen molar-refractivity contribution < 1.29 is 14.0 Å². The van der Waals surface area contributed by atoms with Crippen LogP contribution in [-0.2, 0) is 16.1 Å². The largest absolute Gasteiger partial charge is 0.352 e. The number of hydrogen-bond acceptors (Lipinski definition) is 3. The van der Waals surface area contributed by atoms with Gasteiger partial charge >= 0.3 is 0 Å². The Labute approximate surface area is 192 Å². The summed E-state index contributed by atoms with van der Waals surface area (Å²) in [5, 5.41) is 3.76. The Morgan fingerprint density at radius 2 is 1.77 bits per heavy atom. The maximum atomic E-state index is 13.3. The van der Waals surface area contributed by atoms with Gasteiger partial charge in [0.05, 0.1) is 0 Å². The summed E-state index contributed by atoms with van der Waals surface area (Å²) in [6.45, 7) is 2.03. The highest BCUT2D eigenvalue weighted by Gasteiger charge is 2.28. The van der Waals surface area contributed by atoms with E-state index in [0.29, 0.717) is 17.2 Å². The Morgan fingerprint density at radius 1 is 1.13 bits per heavy atom. The second kappa shape index (κ2) is 11.5. The summed E-state index contributed by atoms with van der Waals surface area (Å²) in [4.78, 5) is 28.5. The zero-order valence-corrected chi connectivity index (χ0v) is 19.2. The van der Waals surface area contributed by atoms with Crippen LogP contribution in [0.25, 0.3) is 0 Å². The standard InChI is InChI=1S/C24H28ClFN2O2S/c1-17(24(30)27-21-4-2-3-5-21)28(16-18-6-10-20(26)11-7-18)23(29)14-15-31-22-12-8-19(25)9-13-22/h6-13,17,21H,2-5,14-16H2,1H3,(H,27,30)/t17-/m0/s1. The van der Waals surface area contributed by atoms with E-state index in [9.17, 15) is 14.0 Å². The molecule has 0 spiro atoms. The molecule has 1 fully saturated rings. The molecular weight excluding hydrogens is 435 g/mol. The maximum absolute atomic E-state index is 13.3. The van der Waals surface area contributed by atoms with E-state index >= 15 is 0 Å². The summed E-state index contributed by atoms with van der Waals surface area (Å²) in [5.41, 5.74) is 0.792. The number of amides is 2. The molecule has 0 aromatic heterocycles. The molecule has 1 aliphatic carbocycles. The Bertz CT molecular complexity index is 870. The highest BCUT2D eigenvalue weighted by atomic mass is 35.5. The van der Waals surface area contributed by atoms with Crippen molar-refractivity contribution in [3.05, 3.63) is 64.9 Å². The van der Waals surface area contributed by atoms with Crippen molar-refractivity contribution in [1.82, 2.24) is 10.2 Å². The minimum atomic E-state index is -0.598. The van der Waals surface area contributed by atoms with Crippen LogP contribution < -0.4 is 5.32 Å². The second-order valence-electron chi connectivity index (χ2n) is 7.87. The van der Waals surface area contributed by atoms with Crippen molar-refractivity contribution in [1.29, 1.82) is 0 Å². The minimum absolute atomic E-state index is 0.0974. The van der Waals surface area contributed by atoms with Crippen LogP contribution in [0.4, 0.5) is 4.39 Å². The van der Waals surface area contributed by atoms with Crippen molar-refractivity contribution in [3.63, 3.8) is 0 Å². The quantitative estimate of drug-likeness (QED) is 0.505. The van der Waals surface area contributed by atoms with Gasteiger partial charge in [0, 0.05) is 34.7 Å². The third-order valence-electron chi connectivity index (χ3n) is 5.53. The number of rotatable bonds is 9. The van der Waals surface area contributed by atoms with Crippen LogP contribution in [0.1, 0.15) is 44.6 Å². The molecule has 0 aliphatic heterocycles. The molecule has 1 aliphatic rings. The Balaban J connectivity index is 1.64. The van der Waals surface area contributed by atoms with Crippen LogP contribution in [0.2, 0.25) is 5.02 Å². The predicted octanol–water partition coefficient (Wildman–Crippen LogP) is 5.44. The van der Waals surface area contributed by atoms with E-state index < -0.39 is 6.04 Å². The lowest BCUT2D eigenvalue weighted by molar-refractivity contribution is -0.140. The third kappa shape index (κ3) is 7.25. The summed E-state index contributed by atoms with van der Waals surface area (Å²) in [7, 11) is 0. The first-order valence-corrected chi connectivity index (χ1v) is 12.0. The third-order valence-corrected chi connectivity index (χ3v) is 6.80. The molecular formula is C24H28ClFN2O2S. The molecule has 1 atom stereocenters. The van der Waals surface area contributed by atoms with Crippen LogP contribution >= 0.6 is 23.4 Å². The van der Waals surface area contributed by atoms with Gasteiger partial charge < -0.3 is 10.2 Å². The van der Waals surface area contributed by atoms with E-state index in [-0.39, 0.29) is 30.2 Å². The lowest BCUT2D eigenvalue weighted by Crippen LogP contribution is -2.49. The summed E-state index contributed by atoms with van der Waals surface area (Å²) >= 11 is 7.49. The average molecular weight is 463 g/mol. The van der Waals surface area contributed by atoms with Crippen molar-refractivity contribution in [3.8, 4) is 0 Å². The van der Waals surface area contributed by atoms with E-state index in [0.717, 1.165) is 36.1 Å². The number of benzene rings is 2. The van der Waals surface area contributed by atoms with E-state index in [1.165, 1.54) is 12.1 Å². The topological polar surface area (TPSA) is 49.4 Å². The van der Waals surface area contributed by atoms with Gasteiger partial charge in [-0.3, -0.25) is 9.59 Å². The van der Waals surface area contributed by atoms with Gasteiger partial charge in [-0.15, -0.1) is 11.8 Å². The molecule has 31 heavy (non-hydrogen) atoms. The molecule has 0 unspecified atom stereocenters. The summed E-state index contributed by atoms with van der Waals surface area (Å²) in [6, 6.07) is 13.1. The lowest BCUT2D eigenvalue weighted by atomic mass is 10.1. The molecule has 2 aromatic carbocycles. The number of carbonyl (C=O) groups excluding carboxylic acids is 2. The Morgan fingerprint density at radius 3 is 2.42 bits per heavy atom. The van der Waals surface area contributed by atoms with Crippen LogP contribution in [-0.4, -0.2) is 34.6 Å². The summed E-state index contributed by atoms with van der Waals surface area (Å²) in [5.74, 6) is 0.0396. The van der Waals surface area contributed by atoms with Gasteiger partial charge in [0.1, 0.15) is 11.9 Å². The number of carbonyl (C=O) groups is 2. The number of nitrogens with one attached hydrogen (secondary N) is 1. The van der Waals surface area contributed by atoms with Gasteiger partial charge in [-0.05, 0) is 61.7 Å². The molecule has 0 heterocycles. The van der Waals surface area contributed by atoms with E-state index in [4.69, 9.17) is 11.6 Å². The second-order valence-corrected chi connectivity index (χ2v) is 9.47. The fourth-order valence-corrected chi connectivity index (χ4v) is 4.66. The zero-order chi connectivity index (χ0) is 22.2.